The van der Waals surface area contributed by atoms with Gasteiger partial charge in [0.05, 0.1) is 22.5 Å². The van der Waals surface area contributed by atoms with Gasteiger partial charge < -0.3 is 0 Å². The van der Waals surface area contributed by atoms with Gasteiger partial charge in [-0.3, -0.25) is 40.2 Å². The number of hydrazine groups is 1. The number of fused-ring (bicyclic) bond motifs is 2. The molecule has 0 atom stereocenters. The first kappa shape index (κ1) is 16.5. The molecule has 0 saturated heterocycles. The number of amides is 3. The number of benzene rings is 2. The summed E-state index contributed by atoms with van der Waals surface area (Å²) in [5, 5.41) is 2.49. The number of para-hydroxylation sites is 2. The Kier molecular flexibility index (Phi) is 3.88. The average molecular weight is 363 g/mol. The van der Waals surface area contributed by atoms with Gasteiger partial charge in [-0.2, -0.15) is 0 Å². The molecule has 0 aromatic heterocycles. The minimum absolute atomic E-state index is 0.00422. The molecule has 2 aromatic carbocycles. The quantitative estimate of drug-likeness (QED) is 0.662. The van der Waals surface area contributed by atoms with E-state index in [0.717, 1.165) is 4.90 Å². The third-order valence-electron chi connectivity index (χ3n) is 4.11. The maximum absolute atomic E-state index is 12.4. The molecule has 2 aromatic rings. The standard InChI is InChI=1S/C18H13N5O4/c24-14(9-23-13-8-4-2-6-11(13)15(25)17(23)27)20-18-19-12-7-3-1-5-10(12)16(26)21-22-18/h1-8H,9H2,(H,21,26)(H2,19,20,22,24). The van der Waals surface area contributed by atoms with E-state index in [-0.39, 0.29) is 18.1 Å². The van der Waals surface area contributed by atoms with Gasteiger partial charge in [-0.05, 0) is 24.3 Å². The van der Waals surface area contributed by atoms with E-state index in [1.54, 1.807) is 42.5 Å². The summed E-state index contributed by atoms with van der Waals surface area (Å²) >= 11 is 0. The lowest BCUT2D eigenvalue weighted by Gasteiger charge is -2.16. The van der Waals surface area contributed by atoms with Crippen LogP contribution < -0.4 is 21.1 Å². The van der Waals surface area contributed by atoms with Crippen LogP contribution in [-0.2, 0) is 9.59 Å². The Labute approximate surface area is 153 Å². The highest BCUT2D eigenvalue weighted by Gasteiger charge is 2.36. The number of hydrogen-bond acceptors (Lipinski definition) is 6. The fourth-order valence-electron chi connectivity index (χ4n) is 2.87. The summed E-state index contributed by atoms with van der Waals surface area (Å²) in [4.78, 5) is 53.8. The summed E-state index contributed by atoms with van der Waals surface area (Å²) < 4.78 is 0. The third-order valence-corrected chi connectivity index (χ3v) is 4.11. The molecular formula is C18H13N5O4. The Hall–Kier alpha value is -4.01. The Bertz CT molecular complexity index is 1030. The highest BCUT2D eigenvalue weighted by atomic mass is 16.2. The smallest absolute Gasteiger partial charge is 0.295 e. The van der Waals surface area contributed by atoms with E-state index in [0.29, 0.717) is 16.9 Å². The fourth-order valence-corrected chi connectivity index (χ4v) is 2.87. The first-order chi connectivity index (χ1) is 13.0. The number of carbonyl (C=O) groups excluding carboxylic acids is 4. The number of anilines is 1. The van der Waals surface area contributed by atoms with E-state index in [1.165, 1.54) is 6.07 Å². The molecule has 27 heavy (non-hydrogen) atoms. The van der Waals surface area contributed by atoms with Crippen molar-refractivity contribution in [3.05, 3.63) is 59.7 Å². The minimum Gasteiger partial charge on any atom is -0.295 e. The van der Waals surface area contributed by atoms with Gasteiger partial charge in [0.25, 0.3) is 17.6 Å². The Morgan fingerprint density at radius 1 is 0.963 bits per heavy atom. The van der Waals surface area contributed by atoms with Crippen molar-refractivity contribution < 1.29 is 19.2 Å². The molecule has 2 aliphatic heterocycles. The van der Waals surface area contributed by atoms with Crippen molar-refractivity contribution in [2.45, 2.75) is 0 Å². The lowest BCUT2D eigenvalue weighted by Crippen LogP contribution is -2.51. The first-order valence-corrected chi connectivity index (χ1v) is 8.04. The Morgan fingerprint density at radius 2 is 1.67 bits per heavy atom. The number of Topliss-reactive ketones (excluding diaryl/α,β-unsaturated/α-hetero) is 1. The molecule has 134 valence electrons. The van der Waals surface area contributed by atoms with Crippen molar-refractivity contribution in [2.24, 2.45) is 4.99 Å². The van der Waals surface area contributed by atoms with Gasteiger partial charge in [-0.1, -0.05) is 24.3 Å². The van der Waals surface area contributed by atoms with E-state index in [9.17, 15) is 19.2 Å². The van der Waals surface area contributed by atoms with Crippen molar-refractivity contribution in [2.75, 3.05) is 11.4 Å². The number of carbonyl (C=O) groups is 4. The monoisotopic (exact) mass is 363 g/mol. The first-order valence-electron chi connectivity index (χ1n) is 8.04. The molecule has 0 spiro atoms. The lowest BCUT2D eigenvalue weighted by atomic mass is 10.1. The molecular weight excluding hydrogens is 350 g/mol. The number of aliphatic imine (C=N–C) groups is 1. The van der Waals surface area contributed by atoms with Crippen LogP contribution in [0, 0.1) is 0 Å². The fraction of sp³-hybridized carbons (Fsp3) is 0.0556. The molecule has 2 heterocycles. The number of ketones is 1. The largest absolute Gasteiger partial charge is 0.299 e. The predicted molar refractivity (Wildman–Crippen MR) is 95.4 cm³/mol. The van der Waals surface area contributed by atoms with Crippen LogP contribution in [0.3, 0.4) is 0 Å². The lowest BCUT2D eigenvalue weighted by molar-refractivity contribution is -0.121. The zero-order valence-corrected chi connectivity index (χ0v) is 13.9. The summed E-state index contributed by atoms with van der Waals surface area (Å²) in [6, 6.07) is 13.1. The van der Waals surface area contributed by atoms with Gasteiger partial charge >= 0.3 is 0 Å². The molecule has 0 aliphatic carbocycles. The predicted octanol–water partition coefficient (Wildman–Crippen LogP) is 0.268. The van der Waals surface area contributed by atoms with Crippen LogP contribution >= 0.6 is 0 Å². The summed E-state index contributed by atoms with van der Waals surface area (Å²) in [6.07, 6.45) is 0. The molecule has 4 rings (SSSR count). The second kappa shape index (κ2) is 6.37. The van der Waals surface area contributed by atoms with Crippen LogP contribution in [0.15, 0.2) is 53.5 Å². The van der Waals surface area contributed by atoms with Gasteiger partial charge in [0, 0.05) is 0 Å². The number of hydrogen-bond donors (Lipinski definition) is 3. The van der Waals surface area contributed by atoms with E-state index in [4.69, 9.17) is 0 Å². The summed E-state index contributed by atoms with van der Waals surface area (Å²) in [7, 11) is 0. The molecule has 0 unspecified atom stereocenters. The van der Waals surface area contributed by atoms with Crippen molar-refractivity contribution >= 4 is 40.8 Å². The van der Waals surface area contributed by atoms with Crippen LogP contribution in [0.25, 0.3) is 0 Å². The number of rotatable bonds is 2. The van der Waals surface area contributed by atoms with Crippen molar-refractivity contribution in [3.63, 3.8) is 0 Å². The number of nitrogens with one attached hydrogen (secondary N) is 3. The number of guanidine groups is 1. The molecule has 0 radical (unpaired) electrons. The molecule has 0 saturated carbocycles. The maximum atomic E-state index is 12.4. The summed E-state index contributed by atoms with van der Waals surface area (Å²) in [6.45, 7) is -0.363. The molecule has 3 amide bonds. The van der Waals surface area contributed by atoms with Crippen molar-refractivity contribution in [3.8, 4) is 0 Å². The molecule has 9 nitrogen and oxygen atoms in total. The van der Waals surface area contributed by atoms with E-state index in [1.807, 2.05) is 0 Å². The van der Waals surface area contributed by atoms with E-state index in [2.05, 4.69) is 21.2 Å². The minimum atomic E-state index is -0.763. The Morgan fingerprint density at radius 3 is 2.48 bits per heavy atom. The van der Waals surface area contributed by atoms with E-state index < -0.39 is 23.5 Å². The SMILES string of the molecule is O=C(CN1C(=O)C(=O)c2ccccc21)NC1=Nc2ccccc2C(=O)NN1. The Balaban J connectivity index is 1.52. The second-order valence-electron chi connectivity index (χ2n) is 5.84. The van der Waals surface area contributed by atoms with Crippen molar-refractivity contribution in [1.82, 2.24) is 16.2 Å². The normalized spacial score (nSPS) is 15.2. The molecule has 9 heteroatoms. The maximum Gasteiger partial charge on any atom is 0.299 e. The molecule has 0 fully saturated rings. The van der Waals surface area contributed by atoms with Gasteiger partial charge in [0.1, 0.15) is 6.54 Å². The molecule has 0 bridgehead atoms. The van der Waals surface area contributed by atoms with Crippen LogP contribution in [0.1, 0.15) is 20.7 Å². The van der Waals surface area contributed by atoms with Crippen LogP contribution in [-0.4, -0.2) is 36.0 Å². The van der Waals surface area contributed by atoms with E-state index >= 15 is 0 Å². The van der Waals surface area contributed by atoms with Gasteiger partial charge in [-0.25, -0.2) is 4.99 Å². The highest BCUT2D eigenvalue weighted by Crippen LogP contribution is 2.28. The topological polar surface area (TPSA) is 120 Å². The van der Waals surface area contributed by atoms with Gasteiger partial charge in [-0.15, -0.1) is 0 Å². The highest BCUT2D eigenvalue weighted by molar-refractivity contribution is 6.52. The zero-order chi connectivity index (χ0) is 19.0. The second-order valence-corrected chi connectivity index (χ2v) is 5.84. The van der Waals surface area contributed by atoms with Crippen LogP contribution in [0.2, 0.25) is 0 Å². The third kappa shape index (κ3) is 2.91. The van der Waals surface area contributed by atoms with Gasteiger partial charge in [0.15, 0.2) is 0 Å². The molecule has 2 aliphatic rings. The van der Waals surface area contributed by atoms with Crippen molar-refractivity contribution in [1.29, 1.82) is 0 Å². The molecule has 3 N–H and O–H groups in total. The average Bonchev–Trinajstić information content (AvgIpc) is 2.81. The van der Waals surface area contributed by atoms with Crippen LogP contribution in [0.5, 0.6) is 0 Å². The zero-order valence-electron chi connectivity index (χ0n) is 13.9. The summed E-state index contributed by atoms with van der Waals surface area (Å²) in [5.41, 5.74) is 6.32. The van der Waals surface area contributed by atoms with Gasteiger partial charge in [0.2, 0.25) is 11.9 Å². The summed E-state index contributed by atoms with van der Waals surface area (Å²) in [5.74, 6) is -2.38. The van der Waals surface area contributed by atoms with Crippen LogP contribution in [0.4, 0.5) is 11.4 Å². The number of nitrogens with zero attached hydrogens (tertiary/aromatic N) is 2.